The number of phenols is 1. The van der Waals surface area contributed by atoms with Gasteiger partial charge in [0.25, 0.3) is 0 Å². The number of aromatic hydroxyl groups is 1. The minimum atomic E-state index is 0.126. The Hall–Kier alpha value is -1.75. The number of anilines is 1. The van der Waals surface area contributed by atoms with Crippen LogP contribution in [0.4, 0.5) is 5.69 Å². The first kappa shape index (κ1) is 7.88. The third kappa shape index (κ3) is 1.19. The highest BCUT2D eigenvalue weighted by atomic mass is 16.5. The van der Waals surface area contributed by atoms with Crippen molar-refractivity contribution in [1.29, 1.82) is 0 Å². The number of nitrogens with zero attached hydrogens (tertiary/aromatic N) is 2. The molecule has 4 N–H and O–H groups in total. The van der Waals surface area contributed by atoms with Gasteiger partial charge >= 0.3 is 0 Å². The van der Waals surface area contributed by atoms with Gasteiger partial charge in [0.2, 0.25) is 0 Å². The molecule has 0 atom stereocenters. The average Bonchev–Trinajstić information content (AvgIpc) is 2.12. The van der Waals surface area contributed by atoms with Gasteiger partial charge in [-0.2, -0.15) is 10.3 Å². The van der Waals surface area contributed by atoms with Crippen molar-refractivity contribution < 1.29 is 10.3 Å². The number of rotatable bonds is 0. The van der Waals surface area contributed by atoms with Crippen LogP contribution in [0.15, 0.2) is 17.2 Å². The second kappa shape index (κ2) is 2.63. The zero-order valence-electron chi connectivity index (χ0n) is 6.81. The van der Waals surface area contributed by atoms with E-state index in [2.05, 4.69) is 5.10 Å². The van der Waals surface area contributed by atoms with Gasteiger partial charge < -0.3 is 10.8 Å². The fourth-order valence-electron chi connectivity index (χ4n) is 1.30. The average molecular weight is 179 g/mol. The number of fused-ring (bicyclic) bond motifs is 1. The van der Waals surface area contributed by atoms with E-state index in [9.17, 15) is 5.11 Å². The number of hydroxylamine groups is 1. The van der Waals surface area contributed by atoms with Crippen LogP contribution in [-0.4, -0.2) is 21.7 Å². The lowest BCUT2D eigenvalue weighted by molar-refractivity contribution is -0.0989. The Labute approximate surface area is 74.7 Å². The van der Waals surface area contributed by atoms with E-state index in [1.54, 1.807) is 6.07 Å². The maximum Gasteiger partial charge on any atom is 0.124 e. The van der Waals surface area contributed by atoms with E-state index in [-0.39, 0.29) is 12.3 Å². The van der Waals surface area contributed by atoms with Gasteiger partial charge in [-0.15, -0.1) is 0 Å². The van der Waals surface area contributed by atoms with E-state index in [4.69, 9.17) is 10.9 Å². The number of hydrogen-bond acceptors (Lipinski definition) is 5. The highest BCUT2D eigenvalue weighted by Crippen LogP contribution is 2.27. The molecule has 0 spiro atoms. The van der Waals surface area contributed by atoms with Gasteiger partial charge in [0.05, 0.1) is 12.8 Å². The monoisotopic (exact) mass is 179 g/mol. The summed E-state index contributed by atoms with van der Waals surface area (Å²) in [4.78, 5) is 0. The van der Waals surface area contributed by atoms with E-state index in [0.717, 1.165) is 5.17 Å². The first-order valence-electron chi connectivity index (χ1n) is 3.79. The number of hydrazone groups is 1. The van der Waals surface area contributed by atoms with Gasteiger partial charge in [-0.3, -0.25) is 5.21 Å². The molecule has 0 aromatic heterocycles. The van der Waals surface area contributed by atoms with Crippen LogP contribution in [0, 0.1) is 0 Å². The number of hydrogen-bond donors (Lipinski definition) is 3. The highest BCUT2D eigenvalue weighted by Gasteiger charge is 2.15. The molecule has 1 aromatic carbocycles. The number of nitrogens with two attached hydrogens (primary N) is 1. The Bertz CT molecular complexity index is 376. The summed E-state index contributed by atoms with van der Waals surface area (Å²) < 4.78 is 0. The summed E-state index contributed by atoms with van der Waals surface area (Å²) in [7, 11) is 0. The lowest BCUT2D eigenvalue weighted by Crippen LogP contribution is -2.19. The van der Waals surface area contributed by atoms with Crippen LogP contribution in [-0.2, 0) is 6.54 Å². The highest BCUT2D eigenvalue weighted by molar-refractivity contribution is 5.88. The molecule has 5 nitrogen and oxygen atoms in total. The molecule has 1 aromatic rings. The van der Waals surface area contributed by atoms with Crippen molar-refractivity contribution in [2.75, 3.05) is 5.73 Å². The lowest BCUT2D eigenvalue weighted by atomic mass is 10.0. The van der Waals surface area contributed by atoms with Gasteiger partial charge in [-0.25, -0.2) is 0 Å². The predicted octanol–water partition coefficient (Wildman–Crippen LogP) is 0.513. The van der Waals surface area contributed by atoms with E-state index >= 15 is 0 Å². The molecule has 0 aliphatic carbocycles. The molecule has 0 fully saturated rings. The zero-order valence-corrected chi connectivity index (χ0v) is 6.81. The zero-order chi connectivity index (χ0) is 9.42. The Kier molecular flexibility index (Phi) is 1.60. The van der Waals surface area contributed by atoms with Gasteiger partial charge in [-0.05, 0) is 12.1 Å². The van der Waals surface area contributed by atoms with E-state index in [1.807, 2.05) is 0 Å². The molecule has 1 aliphatic rings. The van der Waals surface area contributed by atoms with Gasteiger partial charge in [0.1, 0.15) is 5.75 Å². The minimum Gasteiger partial charge on any atom is -0.507 e. The molecular formula is C8H9N3O2. The second-order valence-electron chi connectivity index (χ2n) is 2.84. The number of nitrogen functional groups attached to an aromatic ring is 1. The van der Waals surface area contributed by atoms with Crippen LogP contribution in [0.5, 0.6) is 5.75 Å². The molecule has 0 amide bonds. The van der Waals surface area contributed by atoms with Crippen molar-refractivity contribution in [3.63, 3.8) is 0 Å². The van der Waals surface area contributed by atoms with E-state index < -0.39 is 0 Å². The Morgan fingerprint density at radius 3 is 3.00 bits per heavy atom. The summed E-state index contributed by atoms with van der Waals surface area (Å²) in [6.07, 6.45) is 1.38. The van der Waals surface area contributed by atoms with Crippen LogP contribution in [0.3, 0.4) is 0 Å². The van der Waals surface area contributed by atoms with Crippen LogP contribution < -0.4 is 5.73 Å². The lowest BCUT2D eigenvalue weighted by Gasteiger charge is -2.19. The van der Waals surface area contributed by atoms with Crippen LogP contribution in [0.1, 0.15) is 11.1 Å². The molecule has 0 unspecified atom stereocenters. The Balaban J connectivity index is 2.60. The van der Waals surface area contributed by atoms with Crippen molar-refractivity contribution in [3.05, 3.63) is 23.3 Å². The summed E-state index contributed by atoms with van der Waals surface area (Å²) in [6.45, 7) is 0.200. The predicted molar refractivity (Wildman–Crippen MR) is 47.4 cm³/mol. The summed E-state index contributed by atoms with van der Waals surface area (Å²) >= 11 is 0. The fraction of sp³-hybridized carbons (Fsp3) is 0.125. The van der Waals surface area contributed by atoms with E-state index in [0.29, 0.717) is 16.8 Å². The summed E-state index contributed by atoms with van der Waals surface area (Å²) in [5.41, 5.74) is 7.47. The van der Waals surface area contributed by atoms with Crippen molar-refractivity contribution in [3.8, 4) is 5.75 Å². The summed E-state index contributed by atoms with van der Waals surface area (Å²) in [6, 6.07) is 3.11. The number of benzene rings is 1. The number of phenolic OH excluding ortho intramolecular Hbond substituents is 1. The van der Waals surface area contributed by atoms with Crippen molar-refractivity contribution in [1.82, 2.24) is 5.17 Å². The molecular weight excluding hydrogens is 170 g/mol. The normalized spacial score (nSPS) is 14.4. The maximum atomic E-state index is 9.42. The molecule has 13 heavy (non-hydrogen) atoms. The van der Waals surface area contributed by atoms with Crippen molar-refractivity contribution in [2.45, 2.75) is 6.54 Å². The van der Waals surface area contributed by atoms with Crippen molar-refractivity contribution in [2.24, 2.45) is 5.10 Å². The smallest absolute Gasteiger partial charge is 0.124 e. The molecule has 0 saturated heterocycles. The first-order chi connectivity index (χ1) is 6.18. The van der Waals surface area contributed by atoms with Crippen LogP contribution in [0.25, 0.3) is 0 Å². The van der Waals surface area contributed by atoms with Crippen LogP contribution >= 0.6 is 0 Å². The third-order valence-corrected chi connectivity index (χ3v) is 1.99. The van der Waals surface area contributed by atoms with Crippen molar-refractivity contribution >= 4 is 11.9 Å². The Morgan fingerprint density at radius 2 is 2.23 bits per heavy atom. The molecule has 2 rings (SSSR count). The topological polar surface area (TPSA) is 82.1 Å². The van der Waals surface area contributed by atoms with Gasteiger partial charge in [0, 0.05) is 16.8 Å². The maximum absolute atomic E-state index is 9.42. The largest absolute Gasteiger partial charge is 0.507 e. The molecule has 1 heterocycles. The summed E-state index contributed by atoms with van der Waals surface area (Å²) in [5.74, 6) is 0.126. The molecule has 5 heteroatoms. The quantitative estimate of drug-likeness (QED) is 0.400. The summed E-state index contributed by atoms with van der Waals surface area (Å²) in [5, 5.41) is 22.9. The Morgan fingerprint density at radius 1 is 1.46 bits per heavy atom. The van der Waals surface area contributed by atoms with Crippen LogP contribution in [0.2, 0.25) is 0 Å². The first-order valence-corrected chi connectivity index (χ1v) is 3.79. The fourth-order valence-corrected chi connectivity index (χ4v) is 1.30. The molecule has 0 bridgehead atoms. The SMILES string of the molecule is Nc1ccc(O)c2c1CN(O)N=C2. The standard InChI is InChI=1S/C8H9N3O2/c9-7-1-2-8(12)5-3-10-11(13)4-6(5)7/h1-3,12-13H,4,9H2. The van der Waals surface area contributed by atoms with Gasteiger partial charge in [-0.1, -0.05) is 0 Å². The minimum absolute atomic E-state index is 0.126. The molecule has 1 aliphatic heterocycles. The second-order valence-corrected chi connectivity index (χ2v) is 2.84. The van der Waals surface area contributed by atoms with Gasteiger partial charge in [0.15, 0.2) is 0 Å². The third-order valence-electron chi connectivity index (χ3n) is 1.99. The van der Waals surface area contributed by atoms with E-state index in [1.165, 1.54) is 12.3 Å². The molecule has 0 saturated carbocycles. The molecule has 68 valence electrons. The molecule has 0 radical (unpaired) electrons.